The molecule has 0 fully saturated rings. The molecule has 1 atom stereocenters. The van der Waals surface area contributed by atoms with Gasteiger partial charge in [0, 0.05) is 12.0 Å². The van der Waals surface area contributed by atoms with Gasteiger partial charge in [0.05, 0.1) is 5.41 Å². The molecule has 1 N–H and O–H groups in total. The molecule has 0 saturated carbocycles. The summed E-state index contributed by atoms with van der Waals surface area (Å²) in [6.45, 7) is 5.68. The first-order valence-corrected chi connectivity index (χ1v) is 9.70. The average molecular weight is 370 g/mol. The second kappa shape index (κ2) is 8.31. The van der Waals surface area contributed by atoms with E-state index in [2.05, 4.69) is 61.2 Å². The first kappa shape index (κ1) is 19.7. The molecule has 3 aromatic rings. The summed E-state index contributed by atoms with van der Waals surface area (Å²) >= 11 is 0. The molecular formula is C26H26O2. The zero-order valence-corrected chi connectivity index (χ0v) is 16.7. The number of aliphatic carboxylic acids is 1. The summed E-state index contributed by atoms with van der Waals surface area (Å²) in [5, 5.41) is 11.9. The molecule has 3 rings (SSSR count). The smallest absolute Gasteiger partial charge is 0.313 e. The van der Waals surface area contributed by atoms with E-state index in [1.54, 1.807) is 13.8 Å². The summed E-state index contributed by atoms with van der Waals surface area (Å²) < 4.78 is 0. The van der Waals surface area contributed by atoms with E-state index in [4.69, 9.17) is 0 Å². The molecule has 0 amide bonds. The molecule has 0 aliphatic heterocycles. The Labute approximate surface area is 167 Å². The Kier molecular flexibility index (Phi) is 5.85. The van der Waals surface area contributed by atoms with Crippen LogP contribution in [-0.2, 0) is 10.2 Å². The van der Waals surface area contributed by atoms with Gasteiger partial charge in [0.1, 0.15) is 0 Å². The third-order valence-corrected chi connectivity index (χ3v) is 5.43. The van der Waals surface area contributed by atoms with Crippen LogP contribution in [0.3, 0.4) is 0 Å². The van der Waals surface area contributed by atoms with Gasteiger partial charge in [-0.3, -0.25) is 4.79 Å². The van der Waals surface area contributed by atoms with Crippen LogP contribution < -0.4 is 0 Å². The SMILES string of the molecule is C[C@@H](CCC#Cc1ccc(C(C)(C)C(=O)O)cc1)c1cccc2ccccc12. The Morgan fingerprint density at radius 3 is 2.39 bits per heavy atom. The molecule has 0 heterocycles. The van der Waals surface area contributed by atoms with Crippen molar-refractivity contribution >= 4 is 16.7 Å². The fourth-order valence-electron chi connectivity index (χ4n) is 3.38. The Balaban J connectivity index is 1.64. The highest BCUT2D eigenvalue weighted by Crippen LogP contribution is 2.28. The summed E-state index contributed by atoms with van der Waals surface area (Å²) in [6.07, 6.45) is 1.83. The number of hydrogen-bond donors (Lipinski definition) is 1. The Morgan fingerprint density at radius 2 is 1.68 bits per heavy atom. The quantitative estimate of drug-likeness (QED) is 0.548. The van der Waals surface area contributed by atoms with Crippen molar-refractivity contribution in [3.63, 3.8) is 0 Å². The molecular weight excluding hydrogens is 344 g/mol. The molecule has 0 aliphatic rings. The molecule has 28 heavy (non-hydrogen) atoms. The van der Waals surface area contributed by atoms with Gasteiger partial charge in [-0.05, 0) is 60.2 Å². The van der Waals surface area contributed by atoms with Crippen LogP contribution >= 0.6 is 0 Å². The van der Waals surface area contributed by atoms with Gasteiger partial charge in [-0.25, -0.2) is 0 Å². The van der Waals surface area contributed by atoms with Crippen molar-refractivity contribution in [3.05, 3.63) is 83.4 Å². The van der Waals surface area contributed by atoms with Crippen LogP contribution in [0.5, 0.6) is 0 Å². The maximum Gasteiger partial charge on any atom is 0.313 e. The van der Waals surface area contributed by atoms with Crippen molar-refractivity contribution in [1.82, 2.24) is 0 Å². The predicted molar refractivity (Wildman–Crippen MR) is 116 cm³/mol. The summed E-state index contributed by atoms with van der Waals surface area (Å²) in [5.41, 5.74) is 2.19. The first-order valence-electron chi connectivity index (χ1n) is 9.70. The van der Waals surface area contributed by atoms with Gasteiger partial charge < -0.3 is 5.11 Å². The number of hydrogen-bond acceptors (Lipinski definition) is 1. The van der Waals surface area contributed by atoms with Crippen LogP contribution in [0.2, 0.25) is 0 Å². The summed E-state index contributed by atoms with van der Waals surface area (Å²) in [4.78, 5) is 11.4. The maximum absolute atomic E-state index is 11.4. The largest absolute Gasteiger partial charge is 0.481 e. The number of rotatable bonds is 5. The zero-order valence-electron chi connectivity index (χ0n) is 16.7. The predicted octanol–water partition coefficient (Wildman–Crippen LogP) is 6.14. The molecule has 142 valence electrons. The van der Waals surface area contributed by atoms with E-state index in [0.717, 1.165) is 24.0 Å². The molecule has 2 heteroatoms. The van der Waals surface area contributed by atoms with Crippen LogP contribution in [0.25, 0.3) is 10.8 Å². The number of carboxylic acid groups (broad SMARTS) is 1. The molecule has 3 aromatic carbocycles. The van der Waals surface area contributed by atoms with Gasteiger partial charge in [0.15, 0.2) is 0 Å². The number of fused-ring (bicyclic) bond motifs is 1. The van der Waals surface area contributed by atoms with E-state index in [1.165, 1.54) is 16.3 Å². The summed E-state index contributed by atoms with van der Waals surface area (Å²) in [5.74, 6) is 6.08. The van der Waals surface area contributed by atoms with Crippen LogP contribution in [0, 0.1) is 11.8 Å². The molecule has 0 aliphatic carbocycles. The van der Waals surface area contributed by atoms with Gasteiger partial charge in [-0.15, -0.1) is 0 Å². The Morgan fingerprint density at radius 1 is 1.00 bits per heavy atom. The van der Waals surface area contributed by atoms with Crippen molar-refractivity contribution < 1.29 is 9.90 Å². The van der Waals surface area contributed by atoms with E-state index in [-0.39, 0.29) is 0 Å². The topological polar surface area (TPSA) is 37.3 Å². The van der Waals surface area contributed by atoms with Gasteiger partial charge in [0.2, 0.25) is 0 Å². The Hall–Kier alpha value is -3.05. The summed E-state index contributed by atoms with van der Waals surface area (Å²) in [6, 6.07) is 22.5. The third kappa shape index (κ3) is 4.26. The fraction of sp³-hybridized carbons (Fsp3) is 0.269. The minimum atomic E-state index is -0.889. The normalized spacial score (nSPS) is 12.2. The first-order chi connectivity index (χ1) is 13.4. The van der Waals surface area contributed by atoms with Crippen molar-refractivity contribution in [2.45, 2.75) is 44.9 Å². The van der Waals surface area contributed by atoms with Crippen LogP contribution in [0.15, 0.2) is 66.7 Å². The van der Waals surface area contributed by atoms with Crippen molar-refractivity contribution in [2.75, 3.05) is 0 Å². The average Bonchev–Trinajstić information content (AvgIpc) is 2.71. The van der Waals surface area contributed by atoms with Crippen molar-refractivity contribution in [1.29, 1.82) is 0 Å². The van der Waals surface area contributed by atoms with Crippen LogP contribution in [0.1, 0.15) is 56.2 Å². The van der Waals surface area contributed by atoms with Crippen LogP contribution in [0.4, 0.5) is 0 Å². The lowest BCUT2D eigenvalue weighted by molar-refractivity contribution is -0.142. The van der Waals surface area contributed by atoms with E-state index in [0.29, 0.717) is 5.92 Å². The lowest BCUT2D eigenvalue weighted by Gasteiger charge is -2.19. The Bertz CT molecular complexity index is 1030. The maximum atomic E-state index is 11.4. The monoisotopic (exact) mass is 370 g/mol. The number of carbonyl (C=O) groups is 1. The third-order valence-electron chi connectivity index (χ3n) is 5.43. The summed E-state index contributed by atoms with van der Waals surface area (Å²) in [7, 11) is 0. The van der Waals surface area contributed by atoms with E-state index < -0.39 is 11.4 Å². The van der Waals surface area contributed by atoms with Gasteiger partial charge in [0.25, 0.3) is 0 Å². The second-order valence-electron chi connectivity index (χ2n) is 7.82. The molecule has 0 radical (unpaired) electrons. The number of benzene rings is 3. The van der Waals surface area contributed by atoms with E-state index in [1.807, 2.05) is 24.3 Å². The lowest BCUT2D eigenvalue weighted by Crippen LogP contribution is -2.28. The molecule has 2 nitrogen and oxygen atoms in total. The standard InChI is InChI=1S/C26H26O2/c1-19(23-14-8-12-21-11-6-7-13-24(21)23)9-4-5-10-20-15-17-22(18-16-20)26(2,3)25(27)28/h6-8,11-19H,4,9H2,1-3H3,(H,27,28)/t19-/m0/s1. The highest BCUT2D eigenvalue weighted by Gasteiger charge is 2.28. The van der Waals surface area contributed by atoms with Crippen molar-refractivity contribution in [2.24, 2.45) is 0 Å². The van der Waals surface area contributed by atoms with Crippen molar-refractivity contribution in [3.8, 4) is 11.8 Å². The van der Waals surface area contributed by atoms with E-state index >= 15 is 0 Å². The molecule has 0 spiro atoms. The molecule has 0 aromatic heterocycles. The molecule has 0 bridgehead atoms. The minimum absolute atomic E-state index is 0.444. The lowest BCUT2D eigenvalue weighted by atomic mass is 9.84. The van der Waals surface area contributed by atoms with Gasteiger partial charge >= 0.3 is 5.97 Å². The minimum Gasteiger partial charge on any atom is -0.481 e. The molecule has 0 unspecified atom stereocenters. The van der Waals surface area contributed by atoms with Crippen LogP contribution in [-0.4, -0.2) is 11.1 Å². The highest BCUT2D eigenvalue weighted by molar-refractivity contribution is 5.86. The van der Waals surface area contributed by atoms with Gasteiger partial charge in [-0.2, -0.15) is 0 Å². The number of carboxylic acids is 1. The second-order valence-corrected chi connectivity index (χ2v) is 7.82. The highest BCUT2D eigenvalue weighted by atomic mass is 16.4. The van der Waals surface area contributed by atoms with Gasteiger partial charge in [-0.1, -0.05) is 73.4 Å². The molecule has 0 saturated heterocycles. The zero-order chi connectivity index (χ0) is 20.1. The van der Waals surface area contributed by atoms with E-state index in [9.17, 15) is 9.90 Å². The fourth-order valence-corrected chi connectivity index (χ4v) is 3.38.